The van der Waals surface area contributed by atoms with E-state index < -0.39 is 0 Å². The maximum absolute atomic E-state index is 12.1. The number of anilines is 1. The molecule has 0 heterocycles. The third-order valence-electron chi connectivity index (χ3n) is 3.99. The second-order valence-electron chi connectivity index (χ2n) is 6.37. The van der Waals surface area contributed by atoms with Gasteiger partial charge in [-0.3, -0.25) is 10.1 Å². The van der Waals surface area contributed by atoms with E-state index in [0.29, 0.717) is 29.7 Å². The van der Waals surface area contributed by atoms with Gasteiger partial charge in [-0.05, 0) is 60.3 Å². The smallest absolute Gasteiger partial charge is 0.250 e. The molecule has 0 aliphatic carbocycles. The average molecular weight is 453 g/mol. The first-order valence-corrected chi connectivity index (χ1v) is 10.3. The lowest BCUT2D eigenvalue weighted by Crippen LogP contribution is -2.32. The molecule has 0 aromatic heterocycles. The van der Waals surface area contributed by atoms with Crippen LogP contribution in [0.2, 0.25) is 5.02 Å². The Morgan fingerprint density at radius 3 is 2.32 bits per heavy atom. The number of nitrogens with one attached hydrogen (secondary N) is 2. The maximum atomic E-state index is 12.1. The van der Waals surface area contributed by atoms with Crippen molar-refractivity contribution < 1.29 is 14.3 Å². The van der Waals surface area contributed by atoms with Crippen LogP contribution in [-0.2, 0) is 4.79 Å². The molecule has 0 bridgehead atoms. The van der Waals surface area contributed by atoms with E-state index in [9.17, 15) is 4.79 Å². The van der Waals surface area contributed by atoms with Crippen molar-refractivity contribution >= 4 is 46.6 Å². The molecule has 0 spiro atoms. The highest BCUT2D eigenvalue weighted by Crippen LogP contribution is 2.17. The van der Waals surface area contributed by atoms with E-state index in [0.717, 1.165) is 11.3 Å². The zero-order valence-corrected chi connectivity index (χ0v) is 18.2. The minimum absolute atomic E-state index is 0.190. The number of carbonyl (C=O) groups is 1. The van der Waals surface area contributed by atoms with E-state index >= 15 is 0 Å². The number of carbonyl (C=O) groups excluding carboxylic acids is 1. The molecule has 3 aromatic rings. The molecule has 0 saturated carbocycles. The van der Waals surface area contributed by atoms with Crippen molar-refractivity contribution in [2.24, 2.45) is 0 Å². The normalized spacial score (nSPS) is 10.5. The summed E-state index contributed by atoms with van der Waals surface area (Å²) in [5.41, 5.74) is 1.56. The van der Waals surface area contributed by atoms with Gasteiger partial charge >= 0.3 is 0 Å². The van der Waals surface area contributed by atoms with Gasteiger partial charge in [0, 0.05) is 22.9 Å². The fraction of sp³-hybridized carbons (Fsp3) is 0.0833. The Balaban J connectivity index is 1.43. The predicted octanol–water partition coefficient (Wildman–Crippen LogP) is 5.32. The Bertz CT molecular complexity index is 1040. The molecule has 0 radical (unpaired) electrons. The van der Waals surface area contributed by atoms with E-state index in [1.54, 1.807) is 24.3 Å². The zero-order valence-electron chi connectivity index (χ0n) is 16.6. The second kappa shape index (κ2) is 11.7. The van der Waals surface area contributed by atoms with E-state index in [4.69, 9.17) is 33.3 Å². The van der Waals surface area contributed by atoms with Gasteiger partial charge in [-0.25, -0.2) is 0 Å². The molecular formula is C24H21ClN2O3S. The fourth-order valence-electron chi connectivity index (χ4n) is 2.56. The first-order chi connectivity index (χ1) is 15.1. The summed E-state index contributed by atoms with van der Waals surface area (Å²) in [7, 11) is 0. The van der Waals surface area contributed by atoms with Crippen molar-refractivity contribution in [1.82, 2.24) is 5.32 Å². The zero-order chi connectivity index (χ0) is 21.9. The quantitative estimate of drug-likeness (QED) is 0.275. The number of amides is 1. The van der Waals surface area contributed by atoms with Crippen molar-refractivity contribution in [2.45, 2.75) is 0 Å². The lowest BCUT2D eigenvalue weighted by molar-refractivity contribution is -0.115. The van der Waals surface area contributed by atoms with Crippen LogP contribution in [-0.4, -0.2) is 24.2 Å². The Labute approximate surface area is 191 Å². The molecule has 3 aromatic carbocycles. The highest BCUT2D eigenvalue weighted by molar-refractivity contribution is 7.80. The largest absolute Gasteiger partial charge is 0.490 e. The van der Waals surface area contributed by atoms with Crippen LogP contribution in [0.3, 0.4) is 0 Å². The molecule has 0 fully saturated rings. The summed E-state index contributed by atoms with van der Waals surface area (Å²) in [5.74, 6) is 1.13. The number of hydrogen-bond acceptors (Lipinski definition) is 4. The van der Waals surface area contributed by atoms with Crippen molar-refractivity contribution in [3.63, 3.8) is 0 Å². The van der Waals surface area contributed by atoms with Gasteiger partial charge in [-0.2, -0.15) is 0 Å². The highest BCUT2D eigenvalue weighted by atomic mass is 35.5. The summed E-state index contributed by atoms with van der Waals surface area (Å²) < 4.78 is 11.3. The van der Waals surface area contributed by atoms with E-state index in [-0.39, 0.29) is 11.0 Å². The minimum atomic E-state index is -0.335. The van der Waals surface area contributed by atoms with Crippen LogP contribution in [0.5, 0.6) is 11.5 Å². The molecule has 0 saturated heterocycles. The number of rotatable bonds is 8. The molecule has 0 atom stereocenters. The van der Waals surface area contributed by atoms with Crippen LogP contribution in [0.15, 0.2) is 84.9 Å². The summed E-state index contributed by atoms with van der Waals surface area (Å²) in [6.45, 7) is 0.825. The molecule has 0 aliphatic heterocycles. The second-order valence-corrected chi connectivity index (χ2v) is 7.21. The van der Waals surface area contributed by atoms with Crippen molar-refractivity contribution in [3.8, 4) is 11.5 Å². The molecule has 31 heavy (non-hydrogen) atoms. The van der Waals surface area contributed by atoms with Crippen LogP contribution in [0.25, 0.3) is 6.08 Å². The Hall–Kier alpha value is -3.35. The highest BCUT2D eigenvalue weighted by Gasteiger charge is 2.03. The molecule has 2 N–H and O–H groups in total. The van der Waals surface area contributed by atoms with Crippen LogP contribution in [0.1, 0.15) is 5.56 Å². The first kappa shape index (κ1) is 22.3. The van der Waals surface area contributed by atoms with Crippen LogP contribution in [0, 0.1) is 0 Å². The molecule has 5 nitrogen and oxygen atoms in total. The standard InChI is InChI=1S/C24H21ClN2O3S/c25-19-12-9-18(10-13-19)11-14-23(28)27-24(31)26-20-5-4-8-22(17-20)30-16-15-29-21-6-2-1-3-7-21/h1-14,17H,15-16H2,(H2,26,27,28,31)/b14-11+. The van der Waals surface area contributed by atoms with Crippen LogP contribution >= 0.6 is 23.8 Å². The van der Waals surface area contributed by atoms with Gasteiger partial charge in [0.15, 0.2) is 5.11 Å². The minimum Gasteiger partial charge on any atom is -0.490 e. The van der Waals surface area contributed by atoms with Crippen molar-refractivity contribution in [1.29, 1.82) is 0 Å². The lowest BCUT2D eigenvalue weighted by Gasteiger charge is -2.11. The third-order valence-corrected chi connectivity index (χ3v) is 4.45. The number of halogens is 1. The van der Waals surface area contributed by atoms with Gasteiger partial charge < -0.3 is 14.8 Å². The summed E-state index contributed by atoms with van der Waals surface area (Å²) >= 11 is 11.1. The molecule has 0 aliphatic rings. The summed E-state index contributed by atoms with van der Waals surface area (Å²) in [6, 6.07) is 24.0. The van der Waals surface area contributed by atoms with Gasteiger partial charge in [0.25, 0.3) is 0 Å². The Morgan fingerprint density at radius 1 is 0.903 bits per heavy atom. The van der Waals surface area contributed by atoms with E-state index in [1.165, 1.54) is 6.08 Å². The Kier molecular flexibility index (Phi) is 8.46. The number of para-hydroxylation sites is 1. The number of hydrogen-bond donors (Lipinski definition) is 2. The monoisotopic (exact) mass is 452 g/mol. The predicted molar refractivity (Wildman–Crippen MR) is 129 cm³/mol. The molecule has 7 heteroatoms. The fourth-order valence-corrected chi connectivity index (χ4v) is 2.91. The van der Waals surface area contributed by atoms with Gasteiger partial charge in [0.2, 0.25) is 5.91 Å². The Morgan fingerprint density at radius 2 is 1.58 bits per heavy atom. The summed E-state index contributed by atoms with van der Waals surface area (Å²) in [6.07, 6.45) is 3.09. The van der Waals surface area contributed by atoms with Gasteiger partial charge in [0.05, 0.1) is 0 Å². The number of benzene rings is 3. The van der Waals surface area contributed by atoms with Crippen molar-refractivity contribution in [2.75, 3.05) is 18.5 Å². The molecule has 158 valence electrons. The lowest BCUT2D eigenvalue weighted by atomic mass is 10.2. The molecular weight excluding hydrogens is 432 g/mol. The SMILES string of the molecule is O=C(/C=C/c1ccc(Cl)cc1)NC(=S)Nc1cccc(OCCOc2ccccc2)c1. The summed E-state index contributed by atoms with van der Waals surface area (Å²) in [4.78, 5) is 12.1. The topological polar surface area (TPSA) is 59.6 Å². The van der Waals surface area contributed by atoms with E-state index in [1.807, 2.05) is 60.7 Å². The third kappa shape index (κ3) is 8.12. The van der Waals surface area contributed by atoms with Gasteiger partial charge in [-0.1, -0.05) is 48.0 Å². The first-order valence-electron chi connectivity index (χ1n) is 9.55. The molecule has 3 rings (SSSR count). The maximum Gasteiger partial charge on any atom is 0.250 e. The van der Waals surface area contributed by atoms with Gasteiger partial charge in [0.1, 0.15) is 24.7 Å². The summed E-state index contributed by atoms with van der Waals surface area (Å²) in [5, 5.41) is 6.41. The van der Waals surface area contributed by atoms with Gasteiger partial charge in [-0.15, -0.1) is 0 Å². The number of thiocarbonyl (C=S) groups is 1. The van der Waals surface area contributed by atoms with E-state index in [2.05, 4.69) is 10.6 Å². The van der Waals surface area contributed by atoms with Crippen LogP contribution in [0.4, 0.5) is 5.69 Å². The van der Waals surface area contributed by atoms with Crippen molar-refractivity contribution in [3.05, 3.63) is 95.5 Å². The molecule has 1 amide bonds. The molecule has 0 unspecified atom stereocenters. The van der Waals surface area contributed by atoms with Crippen LogP contribution < -0.4 is 20.1 Å². The number of ether oxygens (including phenoxy) is 2. The average Bonchev–Trinajstić information content (AvgIpc) is 2.77.